The molecule has 1 amide bonds. The number of nitrogens with zero attached hydrogens (tertiary/aromatic N) is 4. The number of nitrogens with one attached hydrogen (secondary N) is 2. The number of aromatic amines is 1. The predicted molar refractivity (Wildman–Crippen MR) is 93.6 cm³/mol. The summed E-state index contributed by atoms with van der Waals surface area (Å²) in [7, 11) is 0. The molecule has 3 aromatic heterocycles. The zero-order chi connectivity index (χ0) is 16.9. The molecule has 0 unspecified atom stereocenters. The van der Waals surface area contributed by atoms with Crippen LogP contribution in [-0.2, 0) is 5.41 Å². The molecule has 4 rings (SSSR count). The van der Waals surface area contributed by atoms with Crippen molar-refractivity contribution in [1.29, 1.82) is 0 Å². The average Bonchev–Trinajstić information content (AvgIpc) is 3.18. The second-order valence-corrected chi connectivity index (χ2v) is 7.61. The van der Waals surface area contributed by atoms with Gasteiger partial charge in [0.1, 0.15) is 12.0 Å². The van der Waals surface area contributed by atoms with Crippen LogP contribution in [0.4, 0.5) is 5.13 Å². The van der Waals surface area contributed by atoms with E-state index in [9.17, 15) is 4.79 Å². The van der Waals surface area contributed by atoms with Gasteiger partial charge in [-0.05, 0) is 29.2 Å². The number of anilines is 1. The van der Waals surface area contributed by atoms with Crippen molar-refractivity contribution in [3.63, 3.8) is 0 Å². The second kappa shape index (κ2) is 5.13. The Morgan fingerprint density at radius 2 is 2.12 bits per heavy atom. The third-order valence-electron chi connectivity index (χ3n) is 3.84. The first-order valence-corrected chi connectivity index (χ1v) is 8.33. The van der Waals surface area contributed by atoms with Crippen LogP contribution in [0, 0.1) is 0 Å². The minimum atomic E-state index is -0.228. The van der Waals surface area contributed by atoms with Crippen LogP contribution in [0.15, 0.2) is 30.6 Å². The summed E-state index contributed by atoms with van der Waals surface area (Å²) < 4.78 is 1.53. The van der Waals surface area contributed by atoms with E-state index < -0.39 is 0 Å². The molecule has 24 heavy (non-hydrogen) atoms. The molecule has 2 N–H and O–H groups in total. The number of fused-ring (bicyclic) bond motifs is 2. The van der Waals surface area contributed by atoms with Gasteiger partial charge >= 0.3 is 0 Å². The van der Waals surface area contributed by atoms with Gasteiger partial charge in [0.15, 0.2) is 0 Å². The highest BCUT2D eigenvalue weighted by molar-refractivity contribution is 7.20. The molecule has 0 fully saturated rings. The van der Waals surface area contributed by atoms with Gasteiger partial charge in [-0.15, -0.1) is 15.3 Å². The number of hydrogen-bond acceptors (Lipinski definition) is 5. The Hall–Kier alpha value is -2.74. The molecule has 0 saturated carbocycles. The molecule has 0 aliphatic rings. The summed E-state index contributed by atoms with van der Waals surface area (Å²) in [4.78, 5) is 16.2. The molecule has 4 aromatic rings. The highest BCUT2D eigenvalue weighted by Crippen LogP contribution is 2.27. The maximum Gasteiger partial charge on any atom is 0.273 e. The Morgan fingerprint density at radius 3 is 2.88 bits per heavy atom. The van der Waals surface area contributed by atoms with Crippen LogP contribution in [0.25, 0.3) is 15.9 Å². The number of hydrogen-bond donors (Lipinski definition) is 2. The normalized spacial score (nSPS) is 12.1. The zero-order valence-electron chi connectivity index (χ0n) is 13.5. The van der Waals surface area contributed by atoms with E-state index in [0.29, 0.717) is 15.8 Å². The zero-order valence-corrected chi connectivity index (χ0v) is 14.3. The Bertz CT molecular complexity index is 1020. The van der Waals surface area contributed by atoms with Gasteiger partial charge in [0.25, 0.3) is 5.91 Å². The van der Waals surface area contributed by atoms with Crippen LogP contribution in [-0.4, -0.2) is 30.7 Å². The fourth-order valence-corrected chi connectivity index (χ4v) is 3.21. The van der Waals surface area contributed by atoms with Gasteiger partial charge in [0.05, 0.1) is 0 Å². The van der Waals surface area contributed by atoms with Crippen molar-refractivity contribution in [2.45, 2.75) is 26.2 Å². The highest BCUT2D eigenvalue weighted by atomic mass is 32.1. The minimum absolute atomic E-state index is 0.0671. The summed E-state index contributed by atoms with van der Waals surface area (Å²) in [6, 6.07) is 8.07. The molecule has 7 nitrogen and oxygen atoms in total. The van der Waals surface area contributed by atoms with Crippen LogP contribution in [0.5, 0.6) is 0 Å². The van der Waals surface area contributed by atoms with Crippen molar-refractivity contribution >= 4 is 38.2 Å². The second-order valence-electron chi connectivity index (χ2n) is 6.65. The van der Waals surface area contributed by atoms with Gasteiger partial charge < -0.3 is 4.98 Å². The molecule has 0 spiro atoms. The van der Waals surface area contributed by atoms with E-state index in [-0.39, 0.29) is 11.3 Å². The Balaban J connectivity index is 1.63. The van der Waals surface area contributed by atoms with Gasteiger partial charge in [-0.3, -0.25) is 10.1 Å². The summed E-state index contributed by atoms with van der Waals surface area (Å²) in [5.74, 6) is -0.228. The number of carbonyl (C=O) groups excluding carboxylic acids is 1. The van der Waals surface area contributed by atoms with Crippen LogP contribution >= 0.6 is 11.3 Å². The van der Waals surface area contributed by atoms with Crippen molar-refractivity contribution in [2.75, 3.05) is 5.32 Å². The van der Waals surface area contributed by atoms with E-state index >= 15 is 0 Å². The first-order chi connectivity index (χ1) is 11.4. The van der Waals surface area contributed by atoms with Gasteiger partial charge in [0.2, 0.25) is 10.1 Å². The lowest BCUT2D eigenvalue weighted by Crippen LogP contribution is -2.12. The molecule has 8 heteroatoms. The summed E-state index contributed by atoms with van der Waals surface area (Å²) in [5, 5.41) is 16.1. The molecule has 0 aliphatic carbocycles. The van der Waals surface area contributed by atoms with Crippen molar-refractivity contribution in [2.24, 2.45) is 0 Å². The van der Waals surface area contributed by atoms with Crippen LogP contribution in [0.3, 0.4) is 0 Å². The Kier molecular flexibility index (Phi) is 3.17. The third-order valence-corrected chi connectivity index (χ3v) is 4.67. The predicted octanol–water partition coefficient (Wildman–Crippen LogP) is 3.22. The fraction of sp³-hybridized carbons (Fsp3) is 0.250. The molecule has 122 valence electrons. The lowest BCUT2D eigenvalue weighted by molar-refractivity contribution is 0.102. The monoisotopic (exact) mass is 340 g/mol. The average molecular weight is 340 g/mol. The molecule has 1 aromatic carbocycles. The van der Waals surface area contributed by atoms with Crippen molar-refractivity contribution in [3.05, 3.63) is 41.9 Å². The molecule has 0 bridgehead atoms. The van der Waals surface area contributed by atoms with Crippen molar-refractivity contribution in [3.8, 4) is 0 Å². The molecule has 3 heterocycles. The first-order valence-electron chi connectivity index (χ1n) is 7.51. The van der Waals surface area contributed by atoms with E-state index in [2.05, 4.69) is 58.5 Å². The SMILES string of the molecule is CC(C)(C)c1ccc2[nH]c(C(=O)Nc3nn4cnnc4s3)cc2c1. The van der Waals surface area contributed by atoms with Crippen molar-refractivity contribution in [1.82, 2.24) is 24.8 Å². The number of H-pyrrole nitrogens is 1. The quantitative estimate of drug-likeness (QED) is 0.586. The number of aromatic nitrogens is 5. The van der Waals surface area contributed by atoms with Gasteiger partial charge in [0, 0.05) is 10.9 Å². The first kappa shape index (κ1) is 14.8. The molecule has 0 aliphatic heterocycles. The lowest BCUT2D eigenvalue weighted by Gasteiger charge is -2.18. The minimum Gasteiger partial charge on any atom is -0.351 e. The molecular formula is C16H16N6OS. The highest BCUT2D eigenvalue weighted by Gasteiger charge is 2.16. The summed E-state index contributed by atoms with van der Waals surface area (Å²) in [5.41, 5.74) is 2.74. The van der Waals surface area contributed by atoms with E-state index in [1.165, 1.54) is 27.7 Å². The van der Waals surface area contributed by atoms with Gasteiger partial charge in [-0.1, -0.05) is 38.2 Å². The third kappa shape index (κ3) is 2.54. The number of benzene rings is 1. The number of carbonyl (C=O) groups is 1. The Morgan fingerprint density at radius 1 is 1.29 bits per heavy atom. The number of rotatable bonds is 2. The maximum atomic E-state index is 12.4. The van der Waals surface area contributed by atoms with E-state index in [0.717, 1.165) is 10.9 Å². The fourth-order valence-electron chi connectivity index (χ4n) is 2.50. The lowest BCUT2D eigenvalue weighted by atomic mass is 9.86. The molecule has 0 saturated heterocycles. The molecular weight excluding hydrogens is 324 g/mol. The van der Waals surface area contributed by atoms with E-state index in [4.69, 9.17) is 0 Å². The molecule has 0 atom stereocenters. The molecule has 0 radical (unpaired) electrons. The van der Waals surface area contributed by atoms with Crippen molar-refractivity contribution < 1.29 is 4.79 Å². The van der Waals surface area contributed by atoms with E-state index in [1.807, 2.05) is 12.1 Å². The maximum absolute atomic E-state index is 12.4. The van der Waals surface area contributed by atoms with Gasteiger partial charge in [-0.25, -0.2) is 0 Å². The largest absolute Gasteiger partial charge is 0.351 e. The summed E-state index contributed by atoms with van der Waals surface area (Å²) in [6.07, 6.45) is 1.50. The van der Waals surface area contributed by atoms with Gasteiger partial charge in [-0.2, -0.15) is 4.52 Å². The smallest absolute Gasteiger partial charge is 0.273 e. The topological polar surface area (TPSA) is 88.0 Å². The number of amides is 1. The standard InChI is InChI=1S/C16H16N6OS/c1-16(2,3)10-4-5-11-9(6-10)7-12(18-11)13(23)19-14-21-22-8-17-20-15(22)24-14/h4-8,18H,1-3H3,(H,19,21,23). The van der Waals surface area contributed by atoms with E-state index in [1.54, 1.807) is 0 Å². The van der Waals surface area contributed by atoms with Crippen LogP contribution in [0.2, 0.25) is 0 Å². The summed E-state index contributed by atoms with van der Waals surface area (Å²) >= 11 is 1.27. The Labute approximate surface area is 141 Å². The summed E-state index contributed by atoms with van der Waals surface area (Å²) in [6.45, 7) is 6.51. The van der Waals surface area contributed by atoms with Crippen LogP contribution in [0.1, 0.15) is 36.8 Å². The van der Waals surface area contributed by atoms with Crippen LogP contribution < -0.4 is 5.32 Å².